The van der Waals surface area contributed by atoms with Crippen LogP contribution in [0.4, 0.5) is 0 Å². The van der Waals surface area contributed by atoms with Gasteiger partial charge in [-0.1, -0.05) is 13.8 Å². The van der Waals surface area contributed by atoms with Crippen molar-refractivity contribution in [2.24, 2.45) is 5.92 Å². The average Bonchev–Trinajstić information content (AvgIpc) is 2.96. The zero-order chi connectivity index (χ0) is 20.0. The maximum Gasteiger partial charge on any atom is 0.162 e. The van der Waals surface area contributed by atoms with Gasteiger partial charge in [0.15, 0.2) is 17.1 Å². The van der Waals surface area contributed by atoms with Crippen LogP contribution in [0, 0.1) is 19.8 Å². The minimum Gasteiger partial charge on any atom is -0.493 e. The molecule has 0 atom stereocenters. The van der Waals surface area contributed by atoms with Crippen molar-refractivity contribution >= 4 is 33.1 Å². The fraction of sp³-hybridized carbons (Fsp3) is 0.391. The van der Waals surface area contributed by atoms with Gasteiger partial charge in [0.25, 0.3) is 0 Å². The first-order valence-corrected chi connectivity index (χ1v) is 9.75. The van der Waals surface area contributed by atoms with Gasteiger partial charge in [0.1, 0.15) is 5.52 Å². The summed E-state index contributed by atoms with van der Waals surface area (Å²) < 4.78 is 13.4. The molecule has 2 aromatic heterocycles. The summed E-state index contributed by atoms with van der Waals surface area (Å²) in [6.45, 7) is 9.60. The van der Waals surface area contributed by atoms with Crippen molar-refractivity contribution < 1.29 is 9.47 Å². The molecule has 4 aromatic rings. The minimum atomic E-state index is 0.603. The van der Waals surface area contributed by atoms with E-state index >= 15 is 0 Å². The van der Waals surface area contributed by atoms with Gasteiger partial charge in [-0.15, -0.1) is 0 Å². The van der Waals surface area contributed by atoms with E-state index in [1.54, 1.807) is 14.2 Å². The van der Waals surface area contributed by atoms with Gasteiger partial charge < -0.3 is 14.0 Å². The highest BCUT2D eigenvalue weighted by Crippen LogP contribution is 2.37. The Morgan fingerprint density at radius 2 is 1.50 bits per heavy atom. The summed E-state index contributed by atoms with van der Waals surface area (Å²) in [6, 6.07) is 8.31. The number of fused-ring (bicyclic) bond motifs is 4. The molecule has 0 radical (unpaired) electrons. The van der Waals surface area contributed by atoms with E-state index < -0.39 is 0 Å². The zero-order valence-corrected chi connectivity index (χ0v) is 17.5. The van der Waals surface area contributed by atoms with Crippen LogP contribution in [0.1, 0.15) is 31.4 Å². The number of nitrogens with zero attached hydrogens (tertiary/aromatic N) is 3. The summed E-state index contributed by atoms with van der Waals surface area (Å²) in [5.41, 5.74) is 7.23. The quantitative estimate of drug-likeness (QED) is 0.466. The Hall–Kier alpha value is -2.82. The molecule has 146 valence electrons. The molecule has 0 saturated carbocycles. The lowest BCUT2D eigenvalue weighted by atomic mass is 10.1. The fourth-order valence-corrected chi connectivity index (χ4v) is 3.68. The molecule has 28 heavy (non-hydrogen) atoms. The Morgan fingerprint density at radius 3 is 2.11 bits per heavy atom. The molecule has 0 unspecified atom stereocenters. The number of hydrogen-bond acceptors (Lipinski definition) is 4. The zero-order valence-electron chi connectivity index (χ0n) is 17.5. The highest BCUT2D eigenvalue weighted by molar-refractivity contribution is 6.07. The number of ether oxygens (including phenoxy) is 2. The van der Waals surface area contributed by atoms with Gasteiger partial charge in [-0.25, -0.2) is 9.97 Å². The molecule has 4 rings (SSSR count). The first-order chi connectivity index (χ1) is 13.4. The van der Waals surface area contributed by atoms with Gasteiger partial charge in [-0.2, -0.15) is 0 Å². The molecule has 0 saturated heterocycles. The van der Waals surface area contributed by atoms with Gasteiger partial charge in [0, 0.05) is 18.0 Å². The number of benzene rings is 2. The lowest BCUT2D eigenvalue weighted by molar-refractivity contribution is 0.355. The molecule has 0 fully saturated rings. The van der Waals surface area contributed by atoms with Gasteiger partial charge in [-0.05, 0) is 55.5 Å². The summed E-state index contributed by atoms with van der Waals surface area (Å²) in [6.07, 6.45) is 1.07. The van der Waals surface area contributed by atoms with Crippen molar-refractivity contribution in [3.05, 3.63) is 35.4 Å². The Labute approximate surface area is 165 Å². The molecule has 0 aliphatic rings. The number of methoxy groups -OCH3 is 2. The molecular weight excluding hydrogens is 350 g/mol. The van der Waals surface area contributed by atoms with Gasteiger partial charge in [-0.3, -0.25) is 0 Å². The van der Waals surface area contributed by atoms with Crippen LogP contribution in [0.15, 0.2) is 24.3 Å². The van der Waals surface area contributed by atoms with E-state index in [-0.39, 0.29) is 0 Å². The van der Waals surface area contributed by atoms with Crippen LogP contribution in [-0.2, 0) is 6.54 Å². The van der Waals surface area contributed by atoms with Crippen LogP contribution < -0.4 is 9.47 Å². The Morgan fingerprint density at radius 1 is 0.893 bits per heavy atom. The monoisotopic (exact) mass is 377 g/mol. The summed E-state index contributed by atoms with van der Waals surface area (Å²) in [5, 5.41) is 1.05. The van der Waals surface area contributed by atoms with E-state index in [4.69, 9.17) is 19.4 Å². The van der Waals surface area contributed by atoms with E-state index in [9.17, 15) is 0 Å². The average molecular weight is 377 g/mol. The van der Waals surface area contributed by atoms with Crippen molar-refractivity contribution in [1.82, 2.24) is 14.5 Å². The Kier molecular flexibility index (Phi) is 4.61. The number of hydrogen-bond donors (Lipinski definition) is 0. The Bertz CT molecular complexity index is 1190. The minimum absolute atomic E-state index is 0.603. The van der Waals surface area contributed by atoms with Crippen molar-refractivity contribution in [1.29, 1.82) is 0 Å². The molecular formula is C23H27N3O2. The van der Waals surface area contributed by atoms with Crippen molar-refractivity contribution in [2.75, 3.05) is 14.2 Å². The van der Waals surface area contributed by atoms with Crippen LogP contribution in [-0.4, -0.2) is 28.8 Å². The van der Waals surface area contributed by atoms with Crippen molar-refractivity contribution in [3.8, 4) is 11.5 Å². The number of aromatic nitrogens is 3. The second kappa shape index (κ2) is 6.97. The second-order valence-corrected chi connectivity index (χ2v) is 7.88. The molecule has 0 bridgehead atoms. The lowest BCUT2D eigenvalue weighted by Gasteiger charge is -2.11. The van der Waals surface area contributed by atoms with Gasteiger partial charge in [0.2, 0.25) is 0 Å². The van der Waals surface area contributed by atoms with Crippen LogP contribution in [0.5, 0.6) is 11.5 Å². The van der Waals surface area contributed by atoms with Crippen LogP contribution in [0.2, 0.25) is 0 Å². The maximum absolute atomic E-state index is 5.55. The molecule has 5 heteroatoms. The third kappa shape index (κ3) is 2.95. The van der Waals surface area contributed by atoms with Crippen LogP contribution in [0.3, 0.4) is 0 Å². The predicted molar refractivity (Wildman–Crippen MR) is 115 cm³/mol. The number of rotatable bonds is 5. The van der Waals surface area contributed by atoms with Crippen LogP contribution >= 0.6 is 0 Å². The maximum atomic E-state index is 5.55. The van der Waals surface area contributed by atoms with Crippen molar-refractivity contribution in [3.63, 3.8) is 0 Å². The third-order valence-corrected chi connectivity index (χ3v) is 5.49. The summed E-state index contributed by atoms with van der Waals surface area (Å²) in [5.74, 6) is 2.03. The largest absolute Gasteiger partial charge is 0.493 e. The standard InChI is InChI=1S/C23H27N3O2/c1-13(2)7-8-26-19-12-21(28-6)20(27-5)11-16(19)22-23(26)25-18-10-15(4)14(3)9-17(18)24-22/h9-13H,7-8H2,1-6H3. The number of aryl methyl sites for hydroxylation is 3. The molecule has 0 amide bonds. The van der Waals surface area contributed by atoms with Crippen molar-refractivity contribution in [2.45, 2.75) is 40.7 Å². The first kappa shape index (κ1) is 18.5. The molecule has 0 aliphatic heterocycles. The highest BCUT2D eigenvalue weighted by Gasteiger charge is 2.18. The normalized spacial score (nSPS) is 11.8. The van der Waals surface area contributed by atoms with E-state index in [1.165, 1.54) is 11.1 Å². The summed E-state index contributed by atoms with van der Waals surface area (Å²) in [4.78, 5) is 10.0. The topological polar surface area (TPSA) is 49.2 Å². The second-order valence-electron chi connectivity index (χ2n) is 7.88. The fourth-order valence-electron chi connectivity index (χ4n) is 3.68. The van der Waals surface area contributed by atoms with E-state index in [0.717, 1.165) is 51.8 Å². The van der Waals surface area contributed by atoms with E-state index in [0.29, 0.717) is 11.7 Å². The lowest BCUT2D eigenvalue weighted by Crippen LogP contribution is -2.03. The molecule has 2 aromatic carbocycles. The molecule has 5 nitrogen and oxygen atoms in total. The molecule has 0 aliphatic carbocycles. The summed E-state index contributed by atoms with van der Waals surface area (Å²) >= 11 is 0. The van der Waals surface area contributed by atoms with Gasteiger partial charge in [0.05, 0.1) is 30.8 Å². The summed E-state index contributed by atoms with van der Waals surface area (Å²) in [7, 11) is 3.33. The van der Waals surface area contributed by atoms with Crippen LogP contribution in [0.25, 0.3) is 33.1 Å². The predicted octanol–water partition coefficient (Wildman–Crippen LogP) is 5.42. The van der Waals surface area contributed by atoms with E-state index in [2.05, 4.69) is 44.4 Å². The first-order valence-electron chi connectivity index (χ1n) is 9.75. The third-order valence-electron chi connectivity index (χ3n) is 5.49. The molecule has 2 heterocycles. The Balaban J connectivity index is 2.10. The highest BCUT2D eigenvalue weighted by atomic mass is 16.5. The van der Waals surface area contributed by atoms with Gasteiger partial charge >= 0.3 is 0 Å². The SMILES string of the molecule is COc1cc2c3nc4cc(C)c(C)cc4nc3n(CCC(C)C)c2cc1OC. The molecule has 0 spiro atoms. The van der Waals surface area contributed by atoms with E-state index in [1.807, 2.05) is 12.1 Å². The molecule has 0 N–H and O–H groups in total. The smallest absolute Gasteiger partial charge is 0.162 e.